The van der Waals surface area contributed by atoms with E-state index < -0.39 is 0 Å². The Bertz CT molecular complexity index is 201. The lowest BCUT2D eigenvalue weighted by Gasteiger charge is -2.40. The lowest BCUT2D eigenvalue weighted by molar-refractivity contribution is 0.114. The van der Waals surface area contributed by atoms with E-state index in [1.165, 1.54) is 32.1 Å². The molecule has 0 aromatic heterocycles. The summed E-state index contributed by atoms with van der Waals surface area (Å²) >= 11 is 0. The van der Waals surface area contributed by atoms with E-state index in [4.69, 9.17) is 5.73 Å². The second-order valence-corrected chi connectivity index (χ2v) is 6.15. The molecule has 96 valence electrons. The maximum absolute atomic E-state index is 6.34. The van der Waals surface area contributed by atoms with Crippen LogP contribution >= 0.6 is 0 Å². The highest BCUT2D eigenvalue weighted by molar-refractivity contribution is 4.86. The third kappa shape index (κ3) is 4.06. The predicted molar refractivity (Wildman–Crippen MR) is 71.6 cm³/mol. The lowest BCUT2D eigenvalue weighted by Crippen LogP contribution is -2.51. The summed E-state index contributed by atoms with van der Waals surface area (Å²) in [6.07, 6.45) is 7.87. The molecule has 2 N–H and O–H groups in total. The highest BCUT2D eigenvalue weighted by Gasteiger charge is 2.28. The minimum Gasteiger partial charge on any atom is -0.324 e. The summed E-state index contributed by atoms with van der Waals surface area (Å²) in [5.41, 5.74) is 6.33. The van der Waals surface area contributed by atoms with Crippen molar-refractivity contribution in [2.24, 2.45) is 11.7 Å². The Kier molecular flexibility index (Phi) is 5.26. The number of rotatable bonds is 5. The molecule has 3 atom stereocenters. The lowest BCUT2D eigenvalue weighted by atomic mass is 9.84. The van der Waals surface area contributed by atoms with Crippen molar-refractivity contribution >= 4 is 0 Å². The molecule has 1 fully saturated rings. The highest BCUT2D eigenvalue weighted by Crippen LogP contribution is 2.28. The van der Waals surface area contributed by atoms with E-state index >= 15 is 0 Å². The van der Waals surface area contributed by atoms with Crippen LogP contribution in [-0.4, -0.2) is 30.1 Å². The molecule has 0 aromatic carbocycles. The number of nitrogens with two attached hydrogens (primary N) is 1. The normalized spacial score (nSPS) is 30.4. The summed E-state index contributed by atoms with van der Waals surface area (Å²) in [5, 5.41) is 0. The molecule has 0 amide bonds. The molecule has 1 rings (SSSR count). The van der Waals surface area contributed by atoms with E-state index in [1.54, 1.807) is 0 Å². The number of hydrogen-bond donors (Lipinski definition) is 1. The second-order valence-electron chi connectivity index (χ2n) is 6.15. The molecule has 0 spiro atoms. The minimum absolute atomic E-state index is 0.0132. The fourth-order valence-electron chi connectivity index (χ4n) is 3.29. The summed E-state index contributed by atoms with van der Waals surface area (Å²) in [4.78, 5) is 2.51. The van der Waals surface area contributed by atoms with Crippen molar-refractivity contribution in [2.45, 2.75) is 70.9 Å². The average molecular weight is 226 g/mol. The van der Waals surface area contributed by atoms with Gasteiger partial charge in [0.15, 0.2) is 0 Å². The molecule has 2 nitrogen and oxygen atoms in total. The van der Waals surface area contributed by atoms with Crippen LogP contribution in [0.15, 0.2) is 0 Å². The van der Waals surface area contributed by atoms with Gasteiger partial charge in [0, 0.05) is 18.1 Å². The van der Waals surface area contributed by atoms with Crippen molar-refractivity contribution in [3.05, 3.63) is 0 Å². The molecule has 0 aliphatic heterocycles. The van der Waals surface area contributed by atoms with Crippen molar-refractivity contribution in [3.8, 4) is 0 Å². The third-order valence-electron chi connectivity index (χ3n) is 4.06. The van der Waals surface area contributed by atoms with Crippen LogP contribution in [0.5, 0.6) is 0 Å². The zero-order valence-corrected chi connectivity index (χ0v) is 11.6. The smallest absolute Gasteiger partial charge is 0.0254 e. The van der Waals surface area contributed by atoms with Crippen LogP contribution in [0.3, 0.4) is 0 Å². The number of nitrogens with zero attached hydrogens (tertiary/aromatic N) is 1. The topological polar surface area (TPSA) is 29.3 Å². The fraction of sp³-hybridized carbons (Fsp3) is 1.00. The third-order valence-corrected chi connectivity index (χ3v) is 4.06. The van der Waals surface area contributed by atoms with Crippen LogP contribution in [-0.2, 0) is 0 Å². The van der Waals surface area contributed by atoms with Crippen LogP contribution in [0.4, 0.5) is 0 Å². The summed E-state index contributed by atoms with van der Waals surface area (Å²) < 4.78 is 0. The van der Waals surface area contributed by atoms with E-state index in [0.717, 1.165) is 24.9 Å². The van der Waals surface area contributed by atoms with Crippen LogP contribution in [0.2, 0.25) is 0 Å². The Balaban J connectivity index is 2.46. The first-order valence-corrected chi connectivity index (χ1v) is 6.95. The van der Waals surface area contributed by atoms with Gasteiger partial charge in [0.2, 0.25) is 0 Å². The first-order valence-electron chi connectivity index (χ1n) is 6.95. The Morgan fingerprint density at radius 1 is 1.31 bits per heavy atom. The van der Waals surface area contributed by atoms with Crippen LogP contribution in [0.1, 0.15) is 59.3 Å². The predicted octanol–water partition coefficient (Wildman–Crippen LogP) is 3.01. The monoisotopic (exact) mass is 226 g/mol. The standard InChI is InChI=1S/C14H30N2/c1-5-10-14(3,15)11-16(4)13-9-7-6-8-12(13)2/h12-13H,5-11,15H2,1-4H3. The molecule has 0 heterocycles. The summed E-state index contributed by atoms with van der Waals surface area (Å²) in [5.74, 6) is 0.844. The van der Waals surface area contributed by atoms with Gasteiger partial charge in [0.25, 0.3) is 0 Å². The Morgan fingerprint density at radius 2 is 1.94 bits per heavy atom. The number of hydrogen-bond acceptors (Lipinski definition) is 2. The molecule has 0 aromatic rings. The minimum atomic E-state index is -0.0132. The van der Waals surface area contributed by atoms with Gasteiger partial charge in [0.05, 0.1) is 0 Å². The fourth-order valence-corrected chi connectivity index (χ4v) is 3.29. The van der Waals surface area contributed by atoms with Crippen LogP contribution in [0.25, 0.3) is 0 Å². The molecule has 16 heavy (non-hydrogen) atoms. The molecular weight excluding hydrogens is 196 g/mol. The van der Waals surface area contributed by atoms with Gasteiger partial charge in [-0.25, -0.2) is 0 Å². The maximum atomic E-state index is 6.34. The molecule has 2 heteroatoms. The van der Waals surface area contributed by atoms with Gasteiger partial charge in [-0.3, -0.25) is 0 Å². The highest BCUT2D eigenvalue weighted by atomic mass is 15.2. The molecule has 0 radical (unpaired) electrons. The quantitative estimate of drug-likeness (QED) is 0.781. The number of likely N-dealkylation sites (N-methyl/N-ethyl adjacent to an activating group) is 1. The van der Waals surface area contributed by atoms with Gasteiger partial charge in [-0.05, 0) is 39.2 Å². The van der Waals surface area contributed by atoms with Crippen molar-refractivity contribution in [3.63, 3.8) is 0 Å². The van der Waals surface area contributed by atoms with Crippen LogP contribution in [0, 0.1) is 5.92 Å². The molecular formula is C14H30N2. The molecule has 1 aliphatic carbocycles. The van der Waals surface area contributed by atoms with Gasteiger partial charge in [-0.1, -0.05) is 33.1 Å². The molecule has 1 saturated carbocycles. The van der Waals surface area contributed by atoms with Gasteiger partial charge >= 0.3 is 0 Å². The SMILES string of the molecule is CCCC(C)(N)CN(C)C1CCCCC1C. The second kappa shape index (κ2) is 6.02. The van der Waals surface area contributed by atoms with E-state index in [9.17, 15) is 0 Å². The molecule has 3 unspecified atom stereocenters. The van der Waals surface area contributed by atoms with Crippen molar-refractivity contribution in [2.75, 3.05) is 13.6 Å². The van der Waals surface area contributed by atoms with Crippen LogP contribution < -0.4 is 5.73 Å². The van der Waals surface area contributed by atoms with Gasteiger partial charge in [-0.2, -0.15) is 0 Å². The van der Waals surface area contributed by atoms with E-state index in [-0.39, 0.29) is 5.54 Å². The molecule has 1 aliphatic rings. The Morgan fingerprint density at radius 3 is 2.50 bits per heavy atom. The molecule has 0 saturated heterocycles. The summed E-state index contributed by atoms with van der Waals surface area (Å²) in [7, 11) is 2.26. The van der Waals surface area contributed by atoms with Gasteiger partial charge < -0.3 is 10.6 Å². The van der Waals surface area contributed by atoms with Gasteiger partial charge in [-0.15, -0.1) is 0 Å². The maximum Gasteiger partial charge on any atom is 0.0254 e. The van der Waals surface area contributed by atoms with E-state index in [0.29, 0.717) is 0 Å². The van der Waals surface area contributed by atoms with Crippen molar-refractivity contribution < 1.29 is 0 Å². The van der Waals surface area contributed by atoms with Crippen molar-refractivity contribution in [1.82, 2.24) is 4.90 Å². The zero-order valence-electron chi connectivity index (χ0n) is 11.6. The van der Waals surface area contributed by atoms with E-state index in [2.05, 4.69) is 32.7 Å². The Hall–Kier alpha value is -0.0800. The largest absolute Gasteiger partial charge is 0.324 e. The van der Waals surface area contributed by atoms with E-state index in [1.807, 2.05) is 0 Å². The van der Waals surface area contributed by atoms with Crippen molar-refractivity contribution in [1.29, 1.82) is 0 Å². The Labute approximate surface area is 102 Å². The van der Waals surface area contributed by atoms with Gasteiger partial charge in [0.1, 0.15) is 0 Å². The summed E-state index contributed by atoms with van der Waals surface area (Å²) in [6.45, 7) is 7.85. The zero-order chi connectivity index (χ0) is 12.2. The first-order chi connectivity index (χ1) is 7.46. The average Bonchev–Trinajstić information content (AvgIpc) is 2.17. The summed E-state index contributed by atoms with van der Waals surface area (Å²) in [6, 6.07) is 0.758. The first kappa shape index (κ1) is 14.0. The molecule has 0 bridgehead atoms.